The number of carbonyl (C=O) groups is 2. The predicted octanol–water partition coefficient (Wildman–Crippen LogP) is 2.12. The highest BCUT2D eigenvalue weighted by molar-refractivity contribution is 5.74. The van der Waals surface area contributed by atoms with Crippen molar-refractivity contribution in [1.29, 1.82) is 0 Å². The van der Waals surface area contributed by atoms with E-state index in [2.05, 4.69) is 0 Å². The molecule has 2 heterocycles. The fourth-order valence-electron chi connectivity index (χ4n) is 2.67. The normalized spacial score (nSPS) is 25.6. The molecular formula is C17H29NO6. The molecule has 2 rings (SSSR count). The number of likely N-dealkylation sites (tertiary alicyclic amines) is 1. The highest BCUT2D eigenvalue weighted by atomic mass is 16.6. The lowest BCUT2D eigenvalue weighted by molar-refractivity contribution is -0.162. The van der Waals surface area contributed by atoms with Gasteiger partial charge in [0.1, 0.15) is 11.7 Å². The standard InChI is InChI=1S/C17H29NO6/c1-12(22-11-14-6-5-9-21-14)15(19)23-13-7-8-18(10-13)16(20)24-17(2,3)4/h12-14H,5-11H2,1-4H3/t12-,13+,14+/m1/s1. The quantitative estimate of drug-likeness (QED) is 0.712. The number of esters is 1. The SMILES string of the molecule is C[C@@H](OC[C@@H]1CCCO1)C(=O)O[C@H]1CCN(C(=O)OC(C)(C)C)C1. The van der Waals surface area contributed by atoms with E-state index >= 15 is 0 Å². The molecule has 0 unspecified atom stereocenters. The zero-order chi connectivity index (χ0) is 17.7. The first-order valence-corrected chi connectivity index (χ1v) is 8.66. The van der Waals surface area contributed by atoms with Crippen LogP contribution in [0.5, 0.6) is 0 Å². The molecule has 2 aliphatic rings. The minimum Gasteiger partial charge on any atom is -0.458 e. The van der Waals surface area contributed by atoms with Crippen molar-refractivity contribution in [2.75, 3.05) is 26.3 Å². The van der Waals surface area contributed by atoms with Crippen molar-refractivity contribution in [3.05, 3.63) is 0 Å². The Hall–Kier alpha value is -1.34. The van der Waals surface area contributed by atoms with E-state index in [9.17, 15) is 9.59 Å². The van der Waals surface area contributed by atoms with Crippen LogP contribution in [0, 0.1) is 0 Å². The predicted molar refractivity (Wildman–Crippen MR) is 86.7 cm³/mol. The fraction of sp³-hybridized carbons (Fsp3) is 0.882. The van der Waals surface area contributed by atoms with Gasteiger partial charge in [-0.2, -0.15) is 0 Å². The third-order valence-corrected chi connectivity index (χ3v) is 3.97. The number of amides is 1. The van der Waals surface area contributed by atoms with Gasteiger partial charge < -0.3 is 23.8 Å². The summed E-state index contributed by atoms with van der Waals surface area (Å²) in [5, 5.41) is 0. The van der Waals surface area contributed by atoms with Crippen LogP contribution in [0.1, 0.15) is 47.0 Å². The van der Waals surface area contributed by atoms with Gasteiger partial charge in [-0.05, 0) is 40.5 Å². The Morgan fingerprint density at radius 1 is 1.29 bits per heavy atom. The zero-order valence-corrected chi connectivity index (χ0v) is 15.1. The van der Waals surface area contributed by atoms with Gasteiger partial charge in [-0.15, -0.1) is 0 Å². The number of carbonyl (C=O) groups excluding carboxylic acids is 2. The van der Waals surface area contributed by atoms with E-state index in [0.717, 1.165) is 19.4 Å². The van der Waals surface area contributed by atoms with Crippen molar-refractivity contribution in [2.45, 2.75) is 70.9 Å². The summed E-state index contributed by atoms with van der Waals surface area (Å²) in [6.07, 6.45) is 1.38. The topological polar surface area (TPSA) is 74.3 Å². The molecule has 0 radical (unpaired) electrons. The summed E-state index contributed by atoms with van der Waals surface area (Å²) in [5.41, 5.74) is -0.531. The average Bonchev–Trinajstić information content (AvgIpc) is 3.14. The monoisotopic (exact) mass is 343 g/mol. The lowest BCUT2D eigenvalue weighted by atomic mass is 10.2. The highest BCUT2D eigenvalue weighted by Crippen LogP contribution is 2.18. The van der Waals surface area contributed by atoms with Gasteiger partial charge in [-0.25, -0.2) is 9.59 Å². The van der Waals surface area contributed by atoms with Gasteiger partial charge >= 0.3 is 12.1 Å². The lowest BCUT2D eigenvalue weighted by Gasteiger charge is -2.24. The van der Waals surface area contributed by atoms with Gasteiger partial charge in [-0.3, -0.25) is 0 Å². The van der Waals surface area contributed by atoms with Gasteiger partial charge in [0.2, 0.25) is 0 Å². The van der Waals surface area contributed by atoms with Crippen LogP contribution in [0.2, 0.25) is 0 Å². The molecule has 1 amide bonds. The van der Waals surface area contributed by atoms with Crippen molar-refractivity contribution in [3.63, 3.8) is 0 Å². The first-order chi connectivity index (χ1) is 11.2. The van der Waals surface area contributed by atoms with E-state index in [1.54, 1.807) is 11.8 Å². The molecule has 0 N–H and O–H groups in total. The Bertz CT molecular complexity index is 441. The van der Waals surface area contributed by atoms with Crippen molar-refractivity contribution in [3.8, 4) is 0 Å². The maximum atomic E-state index is 12.1. The average molecular weight is 343 g/mol. The summed E-state index contributed by atoms with van der Waals surface area (Å²) in [6, 6.07) is 0. The molecule has 24 heavy (non-hydrogen) atoms. The fourth-order valence-corrected chi connectivity index (χ4v) is 2.67. The Morgan fingerprint density at radius 2 is 2.04 bits per heavy atom. The van der Waals surface area contributed by atoms with Crippen LogP contribution >= 0.6 is 0 Å². The zero-order valence-electron chi connectivity index (χ0n) is 15.1. The maximum absolute atomic E-state index is 12.1. The lowest BCUT2D eigenvalue weighted by Crippen LogP contribution is -2.37. The Morgan fingerprint density at radius 3 is 2.67 bits per heavy atom. The van der Waals surface area contributed by atoms with Crippen LogP contribution in [0.25, 0.3) is 0 Å². The smallest absolute Gasteiger partial charge is 0.410 e. The van der Waals surface area contributed by atoms with Gasteiger partial charge in [0.05, 0.1) is 19.3 Å². The van der Waals surface area contributed by atoms with E-state index in [0.29, 0.717) is 26.1 Å². The summed E-state index contributed by atoms with van der Waals surface area (Å²) >= 11 is 0. The molecule has 7 nitrogen and oxygen atoms in total. The first-order valence-electron chi connectivity index (χ1n) is 8.66. The van der Waals surface area contributed by atoms with E-state index in [1.165, 1.54) is 0 Å². The second-order valence-corrected chi connectivity index (χ2v) is 7.38. The van der Waals surface area contributed by atoms with Crippen molar-refractivity contribution in [2.24, 2.45) is 0 Å². The molecule has 7 heteroatoms. The molecule has 0 aromatic heterocycles. The molecule has 2 fully saturated rings. The van der Waals surface area contributed by atoms with Gasteiger partial charge in [0.25, 0.3) is 0 Å². The van der Waals surface area contributed by atoms with Crippen molar-refractivity contribution in [1.82, 2.24) is 4.90 Å². The highest BCUT2D eigenvalue weighted by Gasteiger charge is 2.33. The second kappa shape index (κ2) is 8.16. The molecule has 0 saturated carbocycles. The first kappa shape index (κ1) is 19.0. The Labute approximate surface area is 143 Å². The van der Waals surface area contributed by atoms with Gasteiger partial charge in [0.15, 0.2) is 6.10 Å². The summed E-state index contributed by atoms with van der Waals surface area (Å²) in [4.78, 5) is 25.7. The van der Waals surface area contributed by atoms with Crippen molar-refractivity contribution >= 4 is 12.1 Å². The van der Waals surface area contributed by atoms with E-state index in [1.807, 2.05) is 20.8 Å². The second-order valence-electron chi connectivity index (χ2n) is 7.38. The molecule has 0 aromatic carbocycles. The summed E-state index contributed by atoms with van der Waals surface area (Å²) in [6.45, 7) is 9.21. The number of hydrogen-bond donors (Lipinski definition) is 0. The van der Waals surface area contributed by atoms with E-state index in [-0.39, 0.29) is 18.3 Å². The number of ether oxygens (including phenoxy) is 4. The molecule has 138 valence electrons. The Kier molecular flexibility index (Phi) is 6.46. The maximum Gasteiger partial charge on any atom is 0.410 e. The van der Waals surface area contributed by atoms with Crippen LogP contribution < -0.4 is 0 Å². The molecule has 0 aromatic rings. The molecule has 0 spiro atoms. The summed E-state index contributed by atoms with van der Waals surface area (Å²) in [5.74, 6) is -0.399. The molecule has 2 saturated heterocycles. The van der Waals surface area contributed by atoms with Gasteiger partial charge in [-0.1, -0.05) is 0 Å². The van der Waals surface area contributed by atoms with Crippen LogP contribution in [0.15, 0.2) is 0 Å². The third-order valence-electron chi connectivity index (χ3n) is 3.97. The third kappa shape index (κ3) is 5.94. The molecule has 0 aliphatic carbocycles. The number of hydrogen-bond acceptors (Lipinski definition) is 6. The summed E-state index contributed by atoms with van der Waals surface area (Å²) in [7, 11) is 0. The molecule has 2 aliphatic heterocycles. The van der Waals surface area contributed by atoms with Crippen molar-refractivity contribution < 1.29 is 28.5 Å². The molecule has 0 bridgehead atoms. The summed E-state index contributed by atoms with van der Waals surface area (Å²) < 4.78 is 21.8. The minimum absolute atomic E-state index is 0.0781. The molecular weight excluding hydrogens is 314 g/mol. The van der Waals surface area contributed by atoms with Gasteiger partial charge in [0, 0.05) is 19.6 Å². The number of rotatable bonds is 5. The van der Waals surface area contributed by atoms with E-state index < -0.39 is 17.7 Å². The number of nitrogens with zero attached hydrogens (tertiary/aromatic N) is 1. The molecule has 3 atom stereocenters. The largest absolute Gasteiger partial charge is 0.458 e. The van der Waals surface area contributed by atoms with Crippen LogP contribution in [-0.2, 0) is 23.7 Å². The van der Waals surface area contributed by atoms with Crippen LogP contribution in [0.4, 0.5) is 4.79 Å². The van der Waals surface area contributed by atoms with Crippen LogP contribution in [0.3, 0.4) is 0 Å². The van der Waals surface area contributed by atoms with E-state index in [4.69, 9.17) is 18.9 Å². The minimum atomic E-state index is -0.634. The Balaban J connectivity index is 1.69. The van der Waals surface area contributed by atoms with Crippen LogP contribution in [-0.4, -0.2) is 67.2 Å².